The van der Waals surface area contributed by atoms with Crippen LogP contribution in [0.5, 0.6) is 0 Å². The summed E-state index contributed by atoms with van der Waals surface area (Å²) in [7, 11) is -3.87. The van der Waals surface area contributed by atoms with E-state index in [0.717, 1.165) is 35.4 Å². The largest absolute Gasteiger partial charge is 0.385 e. The number of rotatable bonds is 6. The monoisotopic (exact) mass is 423 g/mol. The number of carbonyl (C=O) groups excluding carboxylic acids is 2. The lowest BCUT2D eigenvalue weighted by molar-refractivity contribution is 0.0893. The quantitative estimate of drug-likeness (QED) is 0.466. The second-order valence-electron chi connectivity index (χ2n) is 7.15. The summed E-state index contributed by atoms with van der Waals surface area (Å²) in [5.74, 6) is -0.903. The van der Waals surface area contributed by atoms with Gasteiger partial charge in [0.25, 0.3) is 11.8 Å². The minimum Gasteiger partial charge on any atom is -0.385 e. The Hall–Kier alpha value is -3.23. The molecule has 7 nitrogen and oxygen atoms in total. The highest BCUT2D eigenvalue weighted by atomic mass is 32.2. The first-order valence-corrected chi connectivity index (χ1v) is 11.2. The van der Waals surface area contributed by atoms with Crippen LogP contribution in [0.25, 0.3) is 10.8 Å². The molecule has 154 valence electrons. The van der Waals surface area contributed by atoms with E-state index in [1.165, 1.54) is 24.3 Å². The van der Waals surface area contributed by atoms with Crippen LogP contribution in [0, 0.1) is 0 Å². The third kappa shape index (κ3) is 3.34. The molecule has 0 atom stereocenters. The highest BCUT2D eigenvalue weighted by Gasteiger charge is 2.34. The average Bonchev–Trinajstić information content (AvgIpc) is 2.72. The zero-order valence-corrected chi connectivity index (χ0v) is 17.2. The fraction of sp³-hybridized carbons (Fsp3) is 0.182. The number of nitrogens with one attached hydrogen (secondary N) is 1. The summed E-state index contributed by atoms with van der Waals surface area (Å²) in [5.41, 5.74) is 2.02. The van der Waals surface area contributed by atoms with E-state index in [4.69, 9.17) is 5.14 Å². The summed E-state index contributed by atoms with van der Waals surface area (Å²) >= 11 is 0. The van der Waals surface area contributed by atoms with Crippen molar-refractivity contribution in [2.24, 2.45) is 5.14 Å². The van der Waals surface area contributed by atoms with Crippen LogP contribution in [0.1, 0.15) is 40.5 Å². The molecule has 1 heterocycles. The van der Waals surface area contributed by atoms with Gasteiger partial charge in [-0.25, -0.2) is 18.5 Å². The third-order valence-electron chi connectivity index (χ3n) is 5.18. The predicted octanol–water partition coefficient (Wildman–Crippen LogP) is 3.50. The average molecular weight is 423 g/mol. The third-order valence-corrected chi connectivity index (χ3v) is 6.11. The highest BCUT2D eigenvalue weighted by Crippen LogP contribution is 2.36. The fourth-order valence-corrected chi connectivity index (χ4v) is 4.19. The maximum Gasteiger partial charge on any atom is 0.265 e. The van der Waals surface area contributed by atoms with Crippen molar-refractivity contribution < 1.29 is 18.0 Å². The van der Waals surface area contributed by atoms with E-state index in [1.54, 1.807) is 18.2 Å². The van der Waals surface area contributed by atoms with Gasteiger partial charge >= 0.3 is 0 Å². The summed E-state index contributed by atoms with van der Waals surface area (Å²) in [6.45, 7) is 2.92. The summed E-state index contributed by atoms with van der Waals surface area (Å²) in [5, 5.41) is 9.97. The van der Waals surface area contributed by atoms with Crippen LogP contribution < -0.4 is 15.4 Å². The number of sulfonamides is 1. The van der Waals surface area contributed by atoms with Gasteiger partial charge in [0, 0.05) is 34.1 Å². The molecule has 30 heavy (non-hydrogen) atoms. The van der Waals surface area contributed by atoms with Crippen LogP contribution in [-0.4, -0.2) is 26.8 Å². The lowest BCUT2D eigenvalue weighted by atomic mass is 9.92. The number of primary sulfonamides is 1. The Morgan fingerprint density at radius 2 is 1.60 bits per heavy atom. The molecular weight excluding hydrogens is 402 g/mol. The Labute approximate surface area is 174 Å². The van der Waals surface area contributed by atoms with Gasteiger partial charge in [0.15, 0.2) is 0 Å². The number of nitrogens with zero attached hydrogens (tertiary/aromatic N) is 1. The van der Waals surface area contributed by atoms with Gasteiger partial charge < -0.3 is 5.32 Å². The smallest absolute Gasteiger partial charge is 0.265 e. The van der Waals surface area contributed by atoms with E-state index in [-0.39, 0.29) is 10.6 Å². The Kier molecular flexibility index (Phi) is 5.05. The van der Waals surface area contributed by atoms with E-state index in [9.17, 15) is 18.0 Å². The standard InChI is InChI=1S/C22H21N3O4S/c1-2-3-13-24-19-12-11-18-20-16(19)5-4-6-17(20)21(26)25(22(18)27)14-7-9-15(10-8-14)30(23,28)29/h4-12,24H,2-3,13H2,1H3,(H2,23,28,29). The zero-order valence-electron chi connectivity index (χ0n) is 16.4. The van der Waals surface area contributed by atoms with Crippen molar-refractivity contribution in [2.75, 3.05) is 16.8 Å². The van der Waals surface area contributed by atoms with Gasteiger partial charge in [-0.2, -0.15) is 0 Å². The van der Waals surface area contributed by atoms with E-state index < -0.39 is 21.8 Å². The van der Waals surface area contributed by atoms with E-state index >= 15 is 0 Å². The Morgan fingerprint density at radius 3 is 2.23 bits per heavy atom. The first-order valence-electron chi connectivity index (χ1n) is 9.64. The summed E-state index contributed by atoms with van der Waals surface area (Å²) in [4.78, 5) is 27.4. The molecule has 0 saturated carbocycles. The van der Waals surface area contributed by atoms with Gasteiger partial charge in [-0.1, -0.05) is 25.5 Å². The number of nitrogens with two attached hydrogens (primary N) is 1. The van der Waals surface area contributed by atoms with Crippen molar-refractivity contribution >= 4 is 44.0 Å². The Morgan fingerprint density at radius 1 is 0.933 bits per heavy atom. The fourth-order valence-electron chi connectivity index (χ4n) is 3.67. The molecule has 3 aromatic rings. The minimum absolute atomic E-state index is 0.0894. The molecule has 1 aliphatic heterocycles. The number of hydrogen-bond acceptors (Lipinski definition) is 5. The molecule has 1 aliphatic rings. The maximum atomic E-state index is 13.2. The van der Waals surface area contributed by atoms with Crippen LogP contribution in [0.15, 0.2) is 59.5 Å². The van der Waals surface area contributed by atoms with E-state index in [0.29, 0.717) is 16.5 Å². The molecule has 0 bridgehead atoms. The summed E-state index contributed by atoms with van der Waals surface area (Å²) in [6.07, 6.45) is 2.08. The van der Waals surface area contributed by atoms with Crippen LogP contribution in [0.3, 0.4) is 0 Å². The molecule has 3 N–H and O–H groups in total. The summed E-state index contributed by atoms with van der Waals surface area (Å²) < 4.78 is 23.0. The molecule has 3 aromatic carbocycles. The molecule has 0 aliphatic carbocycles. The van der Waals surface area contributed by atoms with Crippen LogP contribution in [-0.2, 0) is 10.0 Å². The molecule has 0 fully saturated rings. The Bertz CT molecular complexity index is 1250. The molecular formula is C22H21N3O4S. The molecule has 0 aromatic heterocycles. The second-order valence-corrected chi connectivity index (χ2v) is 8.72. The van der Waals surface area contributed by atoms with Crippen molar-refractivity contribution in [1.29, 1.82) is 0 Å². The van der Waals surface area contributed by atoms with Crippen molar-refractivity contribution in [1.82, 2.24) is 0 Å². The number of amides is 2. The van der Waals surface area contributed by atoms with Crippen LogP contribution in [0.2, 0.25) is 0 Å². The van der Waals surface area contributed by atoms with E-state index in [2.05, 4.69) is 12.2 Å². The van der Waals surface area contributed by atoms with Crippen molar-refractivity contribution in [3.05, 3.63) is 65.7 Å². The van der Waals surface area contributed by atoms with Gasteiger partial charge in [-0.3, -0.25) is 9.59 Å². The number of carbonyl (C=O) groups is 2. The van der Waals surface area contributed by atoms with Crippen molar-refractivity contribution in [3.8, 4) is 0 Å². The van der Waals surface area contributed by atoms with Crippen LogP contribution >= 0.6 is 0 Å². The van der Waals surface area contributed by atoms with Crippen molar-refractivity contribution in [3.63, 3.8) is 0 Å². The molecule has 2 amide bonds. The molecule has 8 heteroatoms. The first kappa shape index (κ1) is 20.1. The van der Waals surface area contributed by atoms with Crippen LogP contribution in [0.4, 0.5) is 11.4 Å². The number of benzene rings is 3. The molecule has 0 unspecified atom stereocenters. The minimum atomic E-state index is -3.87. The number of imide groups is 1. The lowest BCUT2D eigenvalue weighted by Crippen LogP contribution is -2.40. The molecule has 0 saturated heterocycles. The highest BCUT2D eigenvalue weighted by molar-refractivity contribution is 7.89. The number of unbranched alkanes of at least 4 members (excludes halogenated alkanes) is 1. The first-order chi connectivity index (χ1) is 14.3. The van der Waals surface area contributed by atoms with Gasteiger partial charge in [0.1, 0.15) is 0 Å². The molecule has 0 spiro atoms. The topological polar surface area (TPSA) is 110 Å². The normalized spacial score (nSPS) is 13.7. The summed E-state index contributed by atoms with van der Waals surface area (Å²) in [6, 6.07) is 14.3. The maximum absolute atomic E-state index is 13.2. The van der Waals surface area contributed by atoms with Gasteiger partial charge in [-0.15, -0.1) is 0 Å². The van der Waals surface area contributed by atoms with Gasteiger partial charge in [0.2, 0.25) is 10.0 Å². The van der Waals surface area contributed by atoms with E-state index in [1.807, 2.05) is 12.1 Å². The lowest BCUT2D eigenvalue weighted by Gasteiger charge is -2.28. The predicted molar refractivity (Wildman–Crippen MR) is 116 cm³/mol. The second kappa shape index (κ2) is 7.55. The van der Waals surface area contributed by atoms with Crippen molar-refractivity contribution in [2.45, 2.75) is 24.7 Å². The SMILES string of the molecule is CCCCNc1ccc2c3c(cccc13)C(=O)N(c1ccc(S(N)(=O)=O)cc1)C2=O. The zero-order chi connectivity index (χ0) is 21.5. The number of anilines is 2. The van der Waals surface area contributed by atoms with Gasteiger partial charge in [-0.05, 0) is 48.9 Å². The number of hydrogen-bond donors (Lipinski definition) is 2. The molecule has 4 rings (SSSR count). The van der Waals surface area contributed by atoms with Gasteiger partial charge in [0.05, 0.1) is 10.6 Å². The Balaban J connectivity index is 1.79. The molecule has 0 radical (unpaired) electrons.